The number of benzene rings is 2. The predicted octanol–water partition coefficient (Wildman–Crippen LogP) is 4.77. The van der Waals surface area contributed by atoms with Crippen LogP contribution in [0.2, 0.25) is 20.1 Å². The molecular weight excluding hydrogens is 370 g/mol. The molecule has 114 valence electrons. The molecule has 0 fully saturated rings. The summed E-state index contributed by atoms with van der Waals surface area (Å²) in [4.78, 5) is 11.9. The molecule has 4 nitrogen and oxygen atoms in total. The van der Waals surface area contributed by atoms with Gasteiger partial charge in [-0.05, 0) is 30.3 Å². The molecule has 0 atom stereocenters. The molecule has 0 saturated carbocycles. The molecule has 2 N–H and O–H groups in total. The van der Waals surface area contributed by atoms with E-state index >= 15 is 0 Å². The van der Waals surface area contributed by atoms with Gasteiger partial charge in [0, 0.05) is 26.2 Å². The lowest BCUT2D eigenvalue weighted by Crippen LogP contribution is -2.17. The van der Waals surface area contributed by atoms with Crippen molar-refractivity contribution in [1.82, 2.24) is 5.43 Å². The lowest BCUT2D eigenvalue weighted by atomic mass is 10.2. The maximum absolute atomic E-state index is 11.9. The topological polar surface area (TPSA) is 61.7 Å². The van der Waals surface area contributed by atoms with Gasteiger partial charge in [-0.15, -0.1) is 0 Å². The van der Waals surface area contributed by atoms with Crippen molar-refractivity contribution < 1.29 is 9.90 Å². The minimum atomic E-state index is -0.506. The quantitative estimate of drug-likeness (QED) is 0.597. The zero-order valence-corrected chi connectivity index (χ0v) is 13.8. The average Bonchev–Trinajstić information content (AvgIpc) is 2.42. The molecule has 2 aromatic carbocycles. The number of hydrogen-bond acceptors (Lipinski definition) is 3. The first-order valence-corrected chi connectivity index (χ1v) is 7.35. The van der Waals surface area contributed by atoms with Crippen molar-refractivity contribution in [2.24, 2.45) is 5.10 Å². The fraction of sp³-hybridized carbons (Fsp3) is 0. The van der Waals surface area contributed by atoms with Gasteiger partial charge >= 0.3 is 0 Å². The van der Waals surface area contributed by atoms with Gasteiger partial charge in [0.05, 0.1) is 11.2 Å². The van der Waals surface area contributed by atoms with E-state index in [4.69, 9.17) is 46.4 Å². The van der Waals surface area contributed by atoms with E-state index in [1.165, 1.54) is 36.5 Å². The average molecular weight is 378 g/mol. The molecule has 0 aliphatic carbocycles. The zero-order valence-electron chi connectivity index (χ0n) is 10.8. The Morgan fingerprint density at radius 3 is 2.23 bits per heavy atom. The predicted molar refractivity (Wildman–Crippen MR) is 89.6 cm³/mol. The van der Waals surface area contributed by atoms with Gasteiger partial charge in [0.25, 0.3) is 5.91 Å². The van der Waals surface area contributed by atoms with Gasteiger partial charge in [-0.25, -0.2) is 5.43 Å². The molecular formula is C14H8Cl4N2O2. The molecule has 8 heteroatoms. The van der Waals surface area contributed by atoms with E-state index in [0.717, 1.165) is 0 Å². The van der Waals surface area contributed by atoms with E-state index < -0.39 is 5.91 Å². The first kappa shape index (κ1) is 16.9. The second-order valence-electron chi connectivity index (χ2n) is 4.18. The maximum atomic E-state index is 11.9. The third-order valence-electron chi connectivity index (χ3n) is 2.55. The smallest absolute Gasteiger partial charge is 0.271 e. The van der Waals surface area contributed by atoms with Gasteiger partial charge in [0.15, 0.2) is 0 Å². The van der Waals surface area contributed by atoms with Gasteiger partial charge < -0.3 is 5.11 Å². The molecule has 2 aromatic rings. The Morgan fingerprint density at radius 2 is 1.59 bits per heavy atom. The number of hydrogen-bond donors (Lipinski definition) is 2. The molecule has 0 aromatic heterocycles. The summed E-state index contributed by atoms with van der Waals surface area (Å²) >= 11 is 23.2. The van der Waals surface area contributed by atoms with Gasteiger partial charge in [-0.1, -0.05) is 46.4 Å². The first-order chi connectivity index (χ1) is 10.4. The van der Waals surface area contributed by atoms with E-state index in [0.29, 0.717) is 15.1 Å². The number of nitrogens with one attached hydrogen (secondary N) is 1. The number of carbonyl (C=O) groups excluding carboxylic acids is 1. The van der Waals surface area contributed by atoms with Crippen molar-refractivity contribution >= 4 is 58.5 Å². The third kappa shape index (κ3) is 4.27. The number of amides is 1. The van der Waals surface area contributed by atoms with Crippen LogP contribution >= 0.6 is 46.4 Å². The molecule has 0 radical (unpaired) electrons. The van der Waals surface area contributed by atoms with Crippen molar-refractivity contribution in [1.29, 1.82) is 0 Å². The van der Waals surface area contributed by atoms with Crippen molar-refractivity contribution in [3.8, 4) is 5.75 Å². The molecule has 0 aliphatic rings. The summed E-state index contributed by atoms with van der Waals surface area (Å²) in [5.74, 6) is -0.692. The Morgan fingerprint density at radius 1 is 1.00 bits per heavy atom. The highest BCUT2D eigenvalue weighted by atomic mass is 35.5. The highest BCUT2D eigenvalue weighted by Crippen LogP contribution is 2.29. The summed E-state index contributed by atoms with van der Waals surface area (Å²) < 4.78 is 0. The van der Waals surface area contributed by atoms with Gasteiger partial charge in [-0.2, -0.15) is 5.10 Å². The molecule has 0 bridgehead atoms. The van der Waals surface area contributed by atoms with E-state index in [2.05, 4.69) is 10.5 Å². The summed E-state index contributed by atoms with van der Waals surface area (Å²) in [6.45, 7) is 0. The van der Waals surface area contributed by atoms with Crippen LogP contribution in [0.15, 0.2) is 35.4 Å². The van der Waals surface area contributed by atoms with Crippen molar-refractivity contribution in [3.63, 3.8) is 0 Å². The van der Waals surface area contributed by atoms with Crippen molar-refractivity contribution in [3.05, 3.63) is 61.5 Å². The van der Waals surface area contributed by atoms with Crippen LogP contribution in [0.25, 0.3) is 0 Å². The largest absolute Gasteiger partial charge is 0.506 e. The SMILES string of the molecule is O=C(NN=Cc1cc(Cl)cc(Cl)c1O)c1cc(Cl)cc(Cl)c1. The highest BCUT2D eigenvalue weighted by Gasteiger charge is 2.08. The minimum Gasteiger partial charge on any atom is -0.506 e. The standard InChI is InChI=1S/C14H8Cl4N2O2/c15-9-1-7(2-10(16)4-9)14(22)20-19-6-8-3-11(17)5-12(18)13(8)21/h1-6,21H,(H,20,22). The van der Waals surface area contributed by atoms with E-state index in [1.807, 2.05) is 0 Å². The number of nitrogens with zero attached hydrogens (tertiary/aromatic N) is 1. The van der Waals surface area contributed by atoms with Crippen LogP contribution in [-0.4, -0.2) is 17.2 Å². The number of rotatable bonds is 3. The van der Waals surface area contributed by atoms with E-state index in [9.17, 15) is 9.90 Å². The number of hydrazone groups is 1. The van der Waals surface area contributed by atoms with E-state index in [1.54, 1.807) is 0 Å². The molecule has 0 heterocycles. The zero-order chi connectivity index (χ0) is 16.3. The lowest BCUT2D eigenvalue weighted by Gasteiger charge is -2.03. The summed E-state index contributed by atoms with van der Waals surface area (Å²) in [5, 5.41) is 14.6. The highest BCUT2D eigenvalue weighted by molar-refractivity contribution is 6.36. The van der Waals surface area contributed by atoms with Crippen LogP contribution in [0.3, 0.4) is 0 Å². The van der Waals surface area contributed by atoms with Crippen LogP contribution in [0.5, 0.6) is 5.75 Å². The van der Waals surface area contributed by atoms with Crippen LogP contribution in [0, 0.1) is 0 Å². The Bertz CT molecular complexity index is 742. The van der Waals surface area contributed by atoms with Crippen molar-refractivity contribution in [2.45, 2.75) is 0 Å². The Hall–Kier alpha value is -1.46. The number of carbonyl (C=O) groups is 1. The molecule has 2 rings (SSSR count). The minimum absolute atomic E-state index is 0.0851. The lowest BCUT2D eigenvalue weighted by molar-refractivity contribution is 0.0955. The second-order valence-corrected chi connectivity index (χ2v) is 5.90. The summed E-state index contributed by atoms with van der Waals surface area (Å²) in [6.07, 6.45) is 1.22. The Kier molecular flexibility index (Phi) is 5.53. The second kappa shape index (κ2) is 7.20. The van der Waals surface area contributed by atoms with Gasteiger partial charge in [-0.3, -0.25) is 4.79 Å². The molecule has 0 saturated heterocycles. The van der Waals surface area contributed by atoms with E-state index in [-0.39, 0.29) is 21.9 Å². The molecule has 0 aliphatic heterocycles. The third-order valence-corrected chi connectivity index (χ3v) is 3.49. The first-order valence-electron chi connectivity index (χ1n) is 5.84. The molecule has 0 spiro atoms. The summed E-state index contributed by atoms with van der Waals surface area (Å²) in [5.41, 5.74) is 2.80. The summed E-state index contributed by atoms with van der Waals surface area (Å²) in [7, 11) is 0. The monoisotopic (exact) mass is 376 g/mol. The molecule has 0 unspecified atom stereocenters. The van der Waals surface area contributed by atoms with Gasteiger partial charge in [0.1, 0.15) is 5.75 Å². The molecule has 22 heavy (non-hydrogen) atoms. The maximum Gasteiger partial charge on any atom is 0.271 e. The summed E-state index contributed by atoms with van der Waals surface area (Å²) in [6, 6.07) is 7.25. The normalized spacial score (nSPS) is 10.9. The fourth-order valence-corrected chi connectivity index (χ4v) is 2.63. The number of aromatic hydroxyl groups is 1. The number of phenolic OH excluding ortho intramolecular Hbond substituents is 1. The van der Waals surface area contributed by atoms with Crippen LogP contribution < -0.4 is 5.43 Å². The van der Waals surface area contributed by atoms with Crippen molar-refractivity contribution in [2.75, 3.05) is 0 Å². The molecule has 1 amide bonds. The van der Waals surface area contributed by atoms with Crippen LogP contribution in [0.1, 0.15) is 15.9 Å². The number of phenols is 1. The Labute approximate surface area is 146 Å². The fourth-order valence-electron chi connectivity index (χ4n) is 1.59. The Balaban J connectivity index is 2.14. The van der Waals surface area contributed by atoms with Crippen LogP contribution in [0.4, 0.5) is 0 Å². The van der Waals surface area contributed by atoms with Gasteiger partial charge in [0.2, 0.25) is 0 Å². The van der Waals surface area contributed by atoms with Crippen LogP contribution in [-0.2, 0) is 0 Å². The number of halogens is 4.